The minimum absolute atomic E-state index is 0.0384. The second kappa shape index (κ2) is 8.73. The Bertz CT molecular complexity index is 1280. The first kappa shape index (κ1) is 23.2. The van der Waals surface area contributed by atoms with Crippen molar-refractivity contribution in [3.63, 3.8) is 0 Å². The van der Waals surface area contributed by atoms with Gasteiger partial charge in [0.2, 0.25) is 0 Å². The monoisotopic (exact) mass is 478 g/mol. The fourth-order valence-electron chi connectivity index (χ4n) is 7.60. The maximum absolute atomic E-state index is 13.7. The number of carbonyl (C=O) groups excluding carboxylic acids is 2. The van der Waals surface area contributed by atoms with Crippen molar-refractivity contribution in [1.82, 2.24) is 0 Å². The highest BCUT2D eigenvalue weighted by Crippen LogP contribution is 2.64. The maximum atomic E-state index is 13.7. The average Bonchev–Trinajstić information content (AvgIpc) is 3.14. The van der Waals surface area contributed by atoms with E-state index in [-0.39, 0.29) is 16.6 Å². The average molecular weight is 479 g/mol. The van der Waals surface area contributed by atoms with Gasteiger partial charge in [-0.1, -0.05) is 68.0 Å². The first-order valence-electron chi connectivity index (χ1n) is 13.3. The molecule has 184 valence electrons. The van der Waals surface area contributed by atoms with Gasteiger partial charge < -0.3 is 4.74 Å². The molecule has 0 amide bonds. The van der Waals surface area contributed by atoms with Gasteiger partial charge in [0, 0.05) is 10.8 Å². The van der Waals surface area contributed by atoms with E-state index in [1.807, 2.05) is 36.4 Å². The lowest BCUT2D eigenvalue weighted by molar-refractivity contribution is -0.129. The third kappa shape index (κ3) is 3.80. The first-order chi connectivity index (χ1) is 17.4. The summed E-state index contributed by atoms with van der Waals surface area (Å²) < 4.78 is 5.93. The molecule has 0 saturated heterocycles. The molecular formula is C33H34O3. The van der Waals surface area contributed by atoms with Gasteiger partial charge in [-0.2, -0.15) is 0 Å². The fourth-order valence-corrected chi connectivity index (χ4v) is 7.60. The highest BCUT2D eigenvalue weighted by molar-refractivity contribution is 6.06. The van der Waals surface area contributed by atoms with Gasteiger partial charge in [-0.15, -0.1) is 0 Å². The highest BCUT2D eigenvalue weighted by atomic mass is 16.5. The number of ether oxygens (including phenoxy) is 1. The number of allylic oxidation sites excluding steroid dienone is 5. The standard InChI is InChI=1S/C33H34O3/c1-32-16-14-26(34)20-25(32)10-13-28-29(32)15-17-33(2)30(28)19-24(31(33)35)18-22-8-11-27(12-9-22)36-21-23-6-4-3-5-7-23/h3-9,11-12,14,16,18,20,28-30H,10,13,15,17,19,21H2,1-2H3/t28-,29+,30+,32+,33+/m1/s1. The Kier molecular flexibility index (Phi) is 5.63. The lowest BCUT2D eigenvalue weighted by atomic mass is 9.48. The van der Waals surface area contributed by atoms with E-state index in [1.165, 1.54) is 5.57 Å². The Balaban J connectivity index is 1.20. The molecule has 0 radical (unpaired) electrons. The Hall–Kier alpha value is -3.20. The van der Waals surface area contributed by atoms with Crippen molar-refractivity contribution in [2.24, 2.45) is 28.6 Å². The second-order valence-electron chi connectivity index (χ2n) is 11.6. The minimum Gasteiger partial charge on any atom is -0.489 e. The zero-order valence-electron chi connectivity index (χ0n) is 21.2. The molecule has 0 aromatic heterocycles. The topological polar surface area (TPSA) is 43.4 Å². The summed E-state index contributed by atoms with van der Waals surface area (Å²) in [4.78, 5) is 25.7. The van der Waals surface area contributed by atoms with Gasteiger partial charge in [-0.3, -0.25) is 9.59 Å². The van der Waals surface area contributed by atoms with Crippen molar-refractivity contribution >= 4 is 17.6 Å². The van der Waals surface area contributed by atoms with Gasteiger partial charge in [-0.25, -0.2) is 0 Å². The Morgan fingerprint density at radius 1 is 0.972 bits per heavy atom. The SMILES string of the molecule is C[C@]12C=CC(=O)C=C1CC[C@@H]1[C@@H]2CC[C@]2(C)C(=O)C(=Cc3ccc(OCc4ccccc4)cc3)C[C@@H]12. The molecular weight excluding hydrogens is 444 g/mol. The summed E-state index contributed by atoms with van der Waals surface area (Å²) in [5.74, 6) is 2.71. The molecule has 3 fully saturated rings. The summed E-state index contributed by atoms with van der Waals surface area (Å²) in [5.41, 5.74) is 4.17. The van der Waals surface area contributed by atoms with Gasteiger partial charge in [-0.05, 0) is 96.9 Å². The maximum Gasteiger partial charge on any atom is 0.178 e. The van der Waals surface area contributed by atoms with Crippen LogP contribution in [0.25, 0.3) is 6.08 Å². The molecule has 0 N–H and O–H groups in total. The van der Waals surface area contributed by atoms with Gasteiger partial charge in [0.25, 0.3) is 0 Å². The van der Waals surface area contributed by atoms with Gasteiger partial charge in [0.1, 0.15) is 12.4 Å². The number of rotatable bonds is 4. The molecule has 6 rings (SSSR count). The van der Waals surface area contributed by atoms with Crippen LogP contribution in [0, 0.1) is 28.6 Å². The van der Waals surface area contributed by atoms with Crippen LogP contribution < -0.4 is 4.74 Å². The van der Waals surface area contributed by atoms with Crippen molar-refractivity contribution in [3.05, 3.63) is 95.1 Å². The molecule has 36 heavy (non-hydrogen) atoms. The molecule has 3 saturated carbocycles. The molecule has 4 aliphatic carbocycles. The molecule has 3 nitrogen and oxygen atoms in total. The number of benzene rings is 2. The molecule has 0 spiro atoms. The number of Topliss-reactive ketones (excluding diaryl/α,β-unsaturated/α-hetero) is 1. The van der Waals surface area contributed by atoms with E-state index < -0.39 is 0 Å². The van der Waals surface area contributed by atoms with Gasteiger partial charge >= 0.3 is 0 Å². The van der Waals surface area contributed by atoms with Crippen LogP contribution in [0.5, 0.6) is 5.75 Å². The predicted molar refractivity (Wildman–Crippen MR) is 142 cm³/mol. The van der Waals surface area contributed by atoms with E-state index in [4.69, 9.17) is 4.74 Å². The van der Waals surface area contributed by atoms with E-state index in [9.17, 15) is 9.59 Å². The van der Waals surface area contributed by atoms with Crippen LogP contribution in [0.15, 0.2) is 84.0 Å². The Morgan fingerprint density at radius 3 is 2.53 bits per heavy atom. The minimum atomic E-state index is -0.266. The van der Waals surface area contributed by atoms with Crippen molar-refractivity contribution in [1.29, 1.82) is 0 Å². The van der Waals surface area contributed by atoms with Gasteiger partial charge in [0.05, 0.1) is 0 Å². The van der Waals surface area contributed by atoms with Gasteiger partial charge in [0.15, 0.2) is 11.6 Å². The van der Waals surface area contributed by atoms with E-state index in [1.54, 1.807) is 6.08 Å². The van der Waals surface area contributed by atoms with Crippen molar-refractivity contribution in [2.45, 2.75) is 52.6 Å². The summed E-state index contributed by atoms with van der Waals surface area (Å²) >= 11 is 0. The first-order valence-corrected chi connectivity index (χ1v) is 13.3. The van der Waals surface area contributed by atoms with Crippen LogP contribution in [0.3, 0.4) is 0 Å². The summed E-state index contributed by atoms with van der Waals surface area (Å²) in [7, 11) is 0. The Labute approximate surface area is 213 Å². The van der Waals surface area contributed by atoms with Crippen molar-refractivity contribution in [2.75, 3.05) is 0 Å². The molecule has 0 heterocycles. The highest BCUT2D eigenvalue weighted by Gasteiger charge is 2.59. The van der Waals surface area contributed by atoms with Crippen molar-refractivity contribution < 1.29 is 14.3 Å². The lowest BCUT2D eigenvalue weighted by Crippen LogP contribution is -2.49. The van der Waals surface area contributed by atoms with Crippen molar-refractivity contribution in [3.8, 4) is 5.75 Å². The molecule has 2 aromatic rings. The summed E-state index contributed by atoms with van der Waals surface area (Å²) in [6.07, 6.45) is 12.8. The van der Waals surface area contributed by atoms with Crippen LogP contribution in [-0.4, -0.2) is 11.6 Å². The largest absolute Gasteiger partial charge is 0.489 e. The molecule has 0 bridgehead atoms. The molecule has 2 aromatic carbocycles. The summed E-state index contributed by atoms with van der Waals surface area (Å²) in [6, 6.07) is 18.2. The third-order valence-electron chi connectivity index (χ3n) is 9.67. The van der Waals surface area contributed by atoms with Crippen LogP contribution in [0.2, 0.25) is 0 Å². The van der Waals surface area contributed by atoms with Crippen LogP contribution >= 0.6 is 0 Å². The number of hydrogen-bond donors (Lipinski definition) is 0. The molecule has 3 heteroatoms. The van der Waals surface area contributed by atoms with E-state index >= 15 is 0 Å². The molecule has 0 unspecified atom stereocenters. The van der Waals surface area contributed by atoms with Crippen LogP contribution in [-0.2, 0) is 16.2 Å². The lowest BCUT2D eigenvalue weighted by Gasteiger charge is -2.55. The number of fused-ring (bicyclic) bond motifs is 5. The number of ketones is 2. The fraction of sp³-hybridized carbons (Fsp3) is 0.394. The normalized spacial score (nSPS) is 34.1. The number of carbonyl (C=O) groups is 2. The molecule has 0 aliphatic heterocycles. The van der Waals surface area contributed by atoms with Crippen LogP contribution in [0.4, 0.5) is 0 Å². The van der Waals surface area contributed by atoms with E-state index in [0.29, 0.717) is 30.1 Å². The van der Waals surface area contributed by atoms with Crippen LogP contribution in [0.1, 0.15) is 57.1 Å². The summed E-state index contributed by atoms with van der Waals surface area (Å²) in [5, 5.41) is 0. The second-order valence-corrected chi connectivity index (χ2v) is 11.6. The molecule has 4 aliphatic rings. The van der Waals surface area contributed by atoms with E-state index in [0.717, 1.165) is 54.6 Å². The van der Waals surface area contributed by atoms with E-state index in [2.05, 4.69) is 50.3 Å². The third-order valence-corrected chi connectivity index (χ3v) is 9.67. The summed E-state index contributed by atoms with van der Waals surface area (Å²) in [6.45, 7) is 5.07. The zero-order valence-corrected chi connectivity index (χ0v) is 21.2. The smallest absolute Gasteiger partial charge is 0.178 e. The zero-order chi connectivity index (χ0) is 24.9. The Morgan fingerprint density at radius 2 is 1.75 bits per heavy atom. The molecule has 5 atom stereocenters. The quantitative estimate of drug-likeness (QED) is 0.439. The predicted octanol–water partition coefficient (Wildman–Crippen LogP) is 7.14. The number of hydrogen-bond acceptors (Lipinski definition) is 3.